The smallest absolute Gasteiger partial charge is 0.120 e. The molecule has 2 heterocycles. The lowest BCUT2D eigenvalue weighted by Gasteiger charge is -2.23. The Balaban J connectivity index is 1.86. The first kappa shape index (κ1) is 12.9. The summed E-state index contributed by atoms with van der Waals surface area (Å²) in [6, 6.07) is 14.6. The van der Waals surface area contributed by atoms with Gasteiger partial charge in [0.05, 0.1) is 17.8 Å². The third-order valence-electron chi connectivity index (χ3n) is 3.77. The van der Waals surface area contributed by atoms with Crippen molar-refractivity contribution < 1.29 is 4.42 Å². The van der Waals surface area contributed by atoms with E-state index in [2.05, 4.69) is 48.1 Å². The molecule has 0 N–H and O–H groups in total. The Hall–Kier alpha value is -2.13. The van der Waals surface area contributed by atoms with Crippen molar-refractivity contribution in [3.8, 4) is 0 Å². The quantitative estimate of drug-likeness (QED) is 0.714. The Morgan fingerprint density at radius 1 is 1.15 bits per heavy atom. The van der Waals surface area contributed by atoms with Crippen molar-refractivity contribution in [3.05, 3.63) is 66.2 Å². The number of hydrogen-bond donors (Lipinski definition) is 0. The largest absolute Gasteiger partial charge is 0.468 e. The Morgan fingerprint density at radius 2 is 2.05 bits per heavy atom. The van der Waals surface area contributed by atoms with Crippen LogP contribution >= 0.6 is 0 Å². The van der Waals surface area contributed by atoms with Crippen LogP contribution in [0.1, 0.15) is 24.3 Å². The van der Waals surface area contributed by atoms with Gasteiger partial charge in [-0.1, -0.05) is 18.2 Å². The maximum Gasteiger partial charge on any atom is 0.120 e. The van der Waals surface area contributed by atoms with E-state index >= 15 is 0 Å². The van der Waals surface area contributed by atoms with Gasteiger partial charge in [-0.3, -0.25) is 9.88 Å². The van der Waals surface area contributed by atoms with Gasteiger partial charge in [0.25, 0.3) is 0 Å². The average Bonchev–Trinajstić information content (AvgIpc) is 3.01. The monoisotopic (exact) mass is 266 g/mol. The van der Waals surface area contributed by atoms with E-state index in [1.807, 2.05) is 24.4 Å². The van der Waals surface area contributed by atoms with Crippen molar-refractivity contribution in [2.45, 2.75) is 19.5 Å². The predicted molar refractivity (Wildman–Crippen MR) is 80.3 cm³/mol. The first-order valence-electron chi connectivity index (χ1n) is 6.82. The molecule has 0 aliphatic heterocycles. The van der Waals surface area contributed by atoms with Gasteiger partial charge in [-0.2, -0.15) is 0 Å². The minimum absolute atomic E-state index is 0.247. The van der Waals surface area contributed by atoms with E-state index in [4.69, 9.17) is 4.42 Å². The van der Waals surface area contributed by atoms with Crippen LogP contribution in [-0.2, 0) is 6.54 Å². The molecular weight excluding hydrogens is 248 g/mol. The fraction of sp³-hybridized carbons (Fsp3) is 0.235. The van der Waals surface area contributed by atoms with Crippen LogP contribution in [0.15, 0.2) is 59.3 Å². The fourth-order valence-corrected chi connectivity index (χ4v) is 2.46. The van der Waals surface area contributed by atoms with Gasteiger partial charge in [0.1, 0.15) is 5.76 Å². The lowest BCUT2D eigenvalue weighted by molar-refractivity contribution is 0.224. The molecule has 1 aromatic carbocycles. The maximum absolute atomic E-state index is 5.49. The predicted octanol–water partition coefficient (Wildman–Crippen LogP) is 4.02. The third kappa shape index (κ3) is 2.45. The van der Waals surface area contributed by atoms with E-state index in [0.29, 0.717) is 0 Å². The molecule has 0 spiro atoms. The standard InChI is InChI=1S/C17H18N2O/c1-13(17-9-5-11-20-17)19(2)12-14-6-3-8-16-15(14)7-4-10-18-16/h3-11,13H,12H2,1-2H3. The zero-order valence-electron chi connectivity index (χ0n) is 11.8. The van der Waals surface area contributed by atoms with E-state index in [-0.39, 0.29) is 6.04 Å². The molecule has 1 atom stereocenters. The number of fused-ring (bicyclic) bond motifs is 1. The highest BCUT2D eigenvalue weighted by atomic mass is 16.3. The van der Waals surface area contributed by atoms with Gasteiger partial charge in [-0.05, 0) is 43.8 Å². The van der Waals surface area contributed by atoms with Crippen molar-refractivity contribution in [1.29, 1.82) is 0 Å². The second-order valence-corrected chi connectivity index (χ2v) is 5.09. The molecule has 0 saturated carbocycles. The van der Waals surface area contributed by atoms with Gasteiger partial charge < -0.3 is 4.42 Å². The van der Waals surface area contributed by atoms with E-state index in [0.717, 1.165) is 17.8 Å². The van der Waals surface area contributed by atoms with Crippen molar-refractivity contribution in [2.75, 3.05) is 7.05 Å². The number of hydrogen-bond acceptors (Lipinski definition) is 3. The minimum Gasteiger partial charge on any atom is -0.468 e. The molecule has 0 amide bonds. The van der Waals surface area contributed by atoms with Crippen LogP contribution in [0.2, 0.25) is 0 Å². The third-order valence-corrected chi connectivity index (χ3v) is 3.77. The molecule has 0 aliphatic rings. The minimum atomic E-state index is 0.247. The van der Waals surface area contributed by atoms with Gasteiger partial charge in [0.15, 0.2) is 0 Å². The summed E-state index contributed by atoms with van der Waals surface area (Å²) in [5.41, 5.74) is 2.33. The first-order valence-corrected chi connectivity index (χ1v) is 6.82. The highest BCUT2D eigenvalue weighted by Crippen LogP contribution is 2.23. The maximum atomic E-state index is 5.49. The molecule has 0 radical (unpaired) electrons. The second-order valence-electron chi connectivity index (χ2n) is 5.09. The molecule has 0 bridgehead atoms. The van der Waals surface area contributed by atoms with E-state index in [1.165, 1.54) is 10.9 Å². The van der Waals surface area contributed by atoms with Gasteiger partial charge >= 0.3 is 0 Å². The topological polar surface area (TPSA) is 29.3 Å². The number of nitrogens with zero attached hydrogens (tertiary/aromatic N) is 2. The van der Waals surface area contributed by atoms with Crippen molar-refractivity contribution in [3.63, 3.8) is 0 Å². The van der Waals surface area contributed by atoms with Crippen LogP contribution in [0.25, 0.3) is 10.9 Å². The Kier molecular flexibility index (Phi) is 3.52. The van der Waals surface area contributed by atoms with Gasteiger partial charge in [-0.15, -0.1) is 0 Å². The van der Waals surface area contributed by atoms with Crippen molar-refractivity contribution in [2.24, 2.45) is 0 Å². The second kappa shape index (κ2) is 5.47. The zero-order valence-corrected chi connectivity index (χ0v) is 11.8. The van der Waals surface area contributed by atoms with Crippen LogP contribution in [-0.4, -0.2) is 16.9 Å². The van der Waals surface area contributed by atoms with Gasteiger partial charge in [0, 0.05) is 18.1 Å². The number of furan rings is 1. The van der Waals surface area contributed by atoms with Crippen LogP contribution in [0.5, 0.6) is 0 Å². The summed E-state index contributed by atoms with van der Waals surface area (Å²) in [6.07, 6.45) is 3.56. The molecule has 0 fully saturated rings. The molecule has 1 unspecified atom stereocenters. The van der Waals surface area contributed by atoms with Crippen LogP contribution in [0.3, 0.4) is 0 Å². The molecule has 3 nitrogen and oxygen atoms in total. The van der Waals surface area contributed by atoms with E-state index in [9.17, 15) is 0 Å². The molecule has 3 aromatic rings. The molecule has 102 valence electrons. The van der Waals surface area contributed by atoms with Crippen molar-refractivity contribution >= 4 is 10.9 Å². The molecule has 0 aliphatic carbocycles. The van der Waals surface area contributed by atoms with E-state index < -0.39 is 0 Å². The van der Waals surface area contributed by atoms with Crippen LogP contribution < -0.4 is 0 Å². The Morgan fingerprint density at radius 3 is 2.85 bits per heavy atom. The first-order chi connectivity index (χ1) is 9.75. The molecular formula is C17H18N2O. The van der Waals surface area contributed by atoms with Gasteiger partial charge in [-0.25, -0.2) is 0 Å². The average molecular weight is 266 g/mol. The molecule has 3 heteroatoms. The molecule has 0 saturated heterocycles. The number of pyridine rings is 1. The normalized spacial score (nSPS) is 12.9. The van der Waals surface area contributed by atoms with Gasteiger partial charge in [0.2, 0.25) is 0 Å². The Bertz CT molecular complexity index is 686. The number of benzene rings is 1. The summed E-state index contributed by atoms with van der Waals surface area (Å²) in [7, 11) is 2.11. The SMILES string of the molecule is CC(c1ccco1)N(C)Cc1cccc2ncccc12. The highest BCUT2D eigenvalue weighted by Gasteiger charge is 2.15. The fourth-order valence-electron chi connectivity index (χ4n) is 2.46. The number of rotatable bonds is 4. The summed E-state index contributed by atoms with van der Waals surface area (Å²) in [5.74, 6) is 0.992. The lowest BCUT2D eigenvalue weighted by atomic mass is 10.1. The molecule has 20 heavy (non-hydrogen) atoms. The summed E-state index contributed by atoms with van der Waals surface area (Å²) in [5, 5.41) is 1.22. The summed E-state index contributed by atoms with van der Waals surface area (Å²) < 4.78 is 5.49. The zero-order chi connectivity index (χ0) is 13.9. The van der Waals surface area contributed by atoms with Crippen LogP contribution in [0.4, 0.5) is 0 Å². The van der Waals surface area contributed by atoms with Crippen LogP contribution in [0, 0.1) is 0 Å². The summed E-state index contributed by atoms with van der Waals surface area (Å²) in [6.45, 7) is 3.02. The number of aromatic nitrogens is 1. The van der Waals surface area contributed by atoms with E-state index in [1.54, 1.807) is 6.26 Å². The lowest BCUT2D eigenvalue weighted by Crippen LogP contribution is -2.21. The molecule has 2 aromatic heterocycles. The van der Waals surface area contributed by atoms with Crippen molar-refractivity contribution in [1.82, 2.24) is 9.88 Å². The Labute approximate surface area is 118 Å². The summed E-state index contributed by atoms with van der Waals surface area (Å²) in [4.78, 5) is 6.69. The summed E-state index contributed by atoms with van der Waals surface area (Å²) >= 11 is 0. The highest BCUT2D eigenvalue weighted by molar-refractivity contribution is 5.81. The molecule has 3 rings (SSSR count).